The second kappa shape index (κ2) is 3.41. The summed E-state index contributed by atoms with van der Waals surface area (Å²) in [5.41, 5.74) is 0.748. The number of aliphatic carboxylic acids is 1. The molecule has 1 spiro atoms. The molecule has 0 aromatic heterocycles. The maximum absolute atomic E-state index is 11.2. The van der Waals surface area contributed by atoms with Crippen LogP contribution in [-0.2, 0) is 4.79 Å². The van der Waals surface area contributed by atoms with Gasteiger partial charge in [-0.25, -0.2) is 4.79 Å². The van der Waals surface area contributed by atoms with Crippen molar-refractivity contribution in [1.29, 1.82) is 0 Å². The average molecular weight is 194 g/mol. The molecule has 0 aliphatic heterocycles. The van der Waals surface area contributed by atoms with Gasteiger partial charge in [-0.2, -0.15) is 0 Å². The van der Waals surface area contributed by atoms with Gasteiger partial charge in [0, 0.05) is 11.0 Å². The third-order valence-corrected chi connectivity index (χ3v) is 4.15. The van der Waals surface area contributed by atoms with E-state index in [0.29, 0.717) is 11.5 Å². The van der Waals surface area contributed by atoms with Crippen LogP contribution in [0.2, 0.25) is 0 Å². The van der Waals surface area contributed by atoms with Crippen molar-refractivity contribution in [1.82, 2.24) is 0 Å². The highest BCUT2D eigenvalue weighted by molar-refractivity contribution is 5.88. The molecule has 14 heavy (non-hydrogen) atoms. The first-order chi connectivity index (χ1) is 6.67. The molecule has 1 atom stereocenters. The van der Waals surface area contributed by atoms with E-state index in [0.717, 1.165) is 25.7 Å². The standard InChI is InChI=1S/C12H18O2/c1-9-5-4-6-10(11(13)14)12(9)7-2-3-8-12/h6,9H,2-5,7-8H2,1H3,(H,13,14). The Morgan fingerprint density at radius 3 is 2.71 bits per heavy atom. The molecule has 78 valence electrons. The SMILES string of the molecule is CC1CCC=C(C(=O)O)C12CCCC2. The van der Waals surface area contributed by atoms with E-state index in [1.165, 1.54) is 12.8 Å². The first-order valence-corrected chi connectivity index (χ1v) is 5.61. The smallest absolute Gasteiger partial charge is 0.331 e. The monoisotopic (exact) mass is 194 g/mol. The van der Waals surface area contributed by atoms with Crippen LogP contribution < -0.4 is 0 Å². The largest absolute Gasteiger partial charge is 0.478 e. The van der Waals surface area contributed by atoms with Crippen molar-refractivity contribution in [3.8, 4) is 0 Å². The Hall–Kier alpha value is -0.790. The van der Waals surface area contributed by atoms with Gasteiger partial charge in [-0.05, 0) is 31.6 Å². The molecular weight excluding hydrogens is 176 g/mol. The lowest BCUT2D eigenvalue weighted by molar-refractivity contribution is -0.134. The quantitative estimate of drug-likeness (QED) is 0.696. The second-order valence-corrected chi connectivity index (χ2v) is 4.76. The molecule has 0 amide bonds. The first kappa shape index (κ1) is 9.75. The molecule has 2 nitrogen and oxygen atoms in total. The number of carboxylic acids is 1. The summed E-state index contributed by atoms with van der Waals surface area (Å²) in [5.74, 6) is -0.125. The summed E-state index contributed by atoms with van der Waals surface area (Å²) >= 11 is 0. The second-order valence-electron chi connectivity index (χ2n) is 4.76. The van der Waals surface area contributed by atoms with Gasteiger partial charge in [-0.3, -0.25) is 0 Å². The van der Waals surface area contributed by atoms with Crippen LogP contribution in [0.4, 0.5) is 0 Å². The molecule has 1 fully saturated rings. The van der Waals surface area contributed by atoms with E-state index < -0.39 is 5.97 Å². The summed E-state index contributed by atoms with van der Waals surface area (Å²) in [6.07, 6.45) is 8.66. The molecule has 0 saturated heterocycles. The van der Waals surface area contributed by atoms with E-state index in [2.05, 4.69) is 6.92 Å². The number of hydrogen-bond acceptors (Lipinski definition) is 1. The van der Waals surface area contributed by atoms with Crippen LogP contribution in [0.15, 0.2) is 11.6 Å². The molecule has 2 rings (SSSR count). The van der Waals surface area contributed by atoms with Crippen molar-refractivity contribution in [2.45, 2.75) is 45.4 Å². The zero-order valence-electron chi connectivity index (χ0n) is 8.75. The van der Waals surface area contributed by atoms with Gasteiger partial charge in [0.2, 0.25) is 0 Å². The van der Waals surface area contributed by atoms with Crippen LogP contribution in [0.3, 0.4) is 0 Å². The number of carbonyl (C=O) groups is 1. The highest BCUT2D eigenvalue weighted by Crippen LogP contribution is 2.53. The molecule has 2 aliphatic rings. The van der Waals surface area contributed by atoms with Crippen LogP contribution in [0, 0.1) is 11.3 Å². The van der Waals surface area contributed by atoms with Crippen molar-refractivity contribution in [2.24, 2.45) is 11.3 Å². The predicted octanol–water partition coefficient (Wildman–Crippen LogP) is 2.99. The lowest BCUT2D eigenvalue weighted by atomic mass is 9.64. The molecule has 0 aromatic rings. The van der Waals surface area contributed by atoms with Gasteiger partial charge in [-0.15, -0.1) is 0 Å². The van der Waals surface area contributed by atoms with Crippen LogP contribution in [-0.4, -0.2) is 11.1 Å². The van der Waals surface area contributed by atoms with Gasteiger partial charge >= 0.3 is 5.97 Å². The molecule has 2 heteroatoms. The lowest BCUT2D eigenvalue weighted by Crippen LogP contribution is -2.34. The molecule has 1 unspecified atom stereocenters. The molecule has 0 radical (unpaired) electrons. The fraction of sp³-hybridized carbons (Fsp3) is 0.750. The summed E-state index contributed by atoms with van der Waals surface area (Å²) in [4.78, 5) is 11.2. The van der Waals surface area contributed by atoms with E-state index in [4.69, 9.17) is 0 Å². The number of allylic oxidation sites excluding steroid dienone is 1. The van der Waals surface area contributed by atoms with Gasteiger partial charge in [-0.1, -0.05) is 25.8 Å². The van der Waals surface area contributed by atoms with Crippen molar-refractivity contribution in [3.63, 3.8) is 0 Å². The molecule has 0 aromatic carbocycles. The zero-order valence-corrected chi connectivity index (χ0v) is 8.75. The fourth-order valence-electron chi connectivity index (χ4n) is 3.29. The maximum atomic E-state index is 11.2. The molecular formula is C12H18O2. The van der Waals surface area contributed by atoms with Crippen molar-refractivity contribution in [2.75, 3.05) is 0 Å². The Morgan fingerprint density at radius 2 is 2.14 bits per heavy atom. The van der Waals surface area contributed by atoms with Gasteiger partial charge in [0.1, 0.15) is 0 Å². The number of hydrogen-bond donors (Lipinski definition) is 1. The van der Waals surface area contributed by atoms with Gasteiger partial charge in [0.15, 0.2) is 0 Å². The molecule has 0 bridgehead atoms. The number of rotatable bonds is 1. The van der Waals surface area contributed by atoms with E-state index >= 15 is 0 Å². The summed E-state index contributed by atoms with van der Waals surface area (Å²) in [5, 5.41) is 9.21. The highest BCUT2D eigenvalue weighted by Gasteiger charge is 2.45. The lowest BCUT2D eigenvalue weighted by Gasteiger charge is -2.39. The average Bonchev–Trinajstić information content (AvgIpc) is 2.59. The first-order valence-electron chi connectivity index (χ1n) is 5.61. The van der Waals surface area contributed by atoms with Crippen LogP contribution >= 0.6 is 0 Å². The zero-order chi connectivity index (χ0) is 10.2. The summed E-state index contributed by atoms with van der Waals surface area (Å²) in [7, 11) is 0. The Morgan fingerprint density at radius 1 is 1.50 bits per heavy atom. The molecule has 1 saturated carbocycles. The van der Waals surface area contributed by atoms with Crippen molar-refractivity contribution in [3.05, 3.63) is 11.6 Å². The van der Waals surface area contributed by atoms with Crippen LogP contribution in [0.1, 0.15) is 45.4 Å². The minimum absolute atomic E-state index is 0.0318. The minimum atomic E-state index is -0.682. The fourth-order valence-corrected chi connectivity index (χ4v) is 3.29. The summed E-state index contributed by atoms with van der Waals surface area (Å²) < 4.78 is 0. The van der Waals surface area contributed by atoms with E-state index in [1.54, 1.807) is 0 Å². The van der Waals surface area contributed by atoms with E-state index in [9.17, 15) is 9.90 Å². The van der Waals surface area contributed by atoms with Crippen molar-refractivity contribution >= 4 is 5.97 Å². The molecule has 1 N–H and O–H groups in total. The third kappa shape index (κ3) is 1.28. The Balaban J connectivity index is 2.36. The minimum Gasteiger partial charge on any atom is -0.478 e. The Labute approximate surface area is 85.0 Å². The van der Waals surface area contributed by atoms with Crippen molar-refractivity contribution < 1.29 is 9.90 Å². The number of carboxylic acid groups (broad SMARTS) is 1. The molecule has 2 aliphatic carbocycles. The van der Waals surface area contributed by atoms with Crippen LogP contribution in [0.25, 0.3) is 0 Å². The van der Waals surface area contributed by atoms with Gasteiger partial charge in [0.05, 0.1) is 0 Å². The Bertz CT molecular complexity index is 272. The van der Waals surface area contributed by atoms with Gasteiger partial charge < -0.3 is 5.11 Å². The predicted molar refractivity (Wildman–Crippen MR) is 55.0 cm³/mol. The topological polar surface area (TPSA) is 37.3 Å². The normalized spacial score (nSPS) is 30.4. The van der Waals surface area contributed by atoms with Gasteiger partial charge in [0.25, 0.3) is 0 Å². The summed E-state index contributed by atoms with van der Waals surface area (Å²) in [6, 6.07) is 0. The molecule has 0 heterocycles. The maximum Gasteiger partial charge on any atom is 0.331 e. The van der Waals surface area contributed by atoms with Crippen LogP contribution in [0.5, 0.6) is 0 Å². The Kier molecular flexibility index (Phi) is 2.38. The van der Waals surface area contributed by atoms with E-state index in [1.807, 2.05) is 6.08 Å². The summed E-state index contributed by atoms with van der Waals surface area (Å²) in [6.45, 7) is 2.22. The van der Waals surface area contributed by atoms with E-state index in [-0.39, 0.29) is 5.41 Å². The third-order valence-electron chi connectivity index (χ3n) is 4.15. The highest BCUT2D eigenvalue weighted by atomic mass is 16.4.